The molecule has 0 spiro atoms. The topological polar surface area (TPSA) is 43.4 Å². The number of Topliss-reactive ketones (excluding diaryl/α,β-unsaturated/α-hetero) is 1. The van der Waals surface area contributed by atoms with Gasteiger partial charge < -0.3 is 4.74 Å². The molecule has 0 bridgehead atoms. The average molecular weight is 427 g/mol. The first-order chi connectivity index (χ1) is 14.3. The Kier molecular flexibility index (Phi) is 5.90. The summed E-state index contributed by atoms with van der Waals surface area (Å²) in [4.78, 5) is 25.9. The minimum absolute atomic E-state index is 0.0648. The number of carbonyl (C=O) groups is 2. The molecule has 1 unspecified atom stereocenters. The van der Waals surface area contributed by atoms with E-state index in [4.69, 9.17) is 16.3 Å². The number of allylic oxidation sites excluding steroid dienone is 2. The summed E-state index contributed by atoms with van der Waals surface area (Å²) in [5.41, 5.74) is 4.84. The van der Waals surface area contributed by atoms with Gasteiger partial charge in [-0.1, -0.05) is 29.8 Å². The molecule has 1 atom stereocenters. The summed E-state index contributed by atoms with van der Waals surface area (Å²) in [6.45, 7) is 5.26. The van der Waals surface area contributed by atoms with Crippen molar-refractivity contribution in [3.8, 4) is 11.1 Å². The molecule has 1 saturated heterocycles. The minimum Gasteiger partial charge on any atom is -0.381 e. The molecule has 0 amide bonds. The van der Waals surface area contributed by atoms with Crippen molar-refractivity contribution in [2.45, 2.75) is 39.0 Å². The van der Waals surface area contributed by atoms with E-state index in [1.807, 2.05) is 26.0 Å². The van der Waals surface area contributed by atoms with Gasteiger partial charge in [-0.3, -0.25) is 9.59 Å². The summed E-state index contributed by atoms with van der Waals surface area (Å²) in [6, 6.07) is 8.47. The van der Waals surface area contributed by atoms with E-state index in [-0.39, 0.29) is 16.6 Å². The van der Waals surface area contributed by atoms with Gasteiger partial charge in [0.05, 0.1) is 5.02 Å². The maximum Gasteiger partial charge on any atom is 0.174 e. The van der Waals surface area contributed by atoms with E-state index in [0.717, 1.165) is 53.9 Å². The maximum atomic E-state index is 13.5. The van der Waals surface area contributed by atoms with Crippen LogP contribution in [-0.2, 0) is 14.3 Å². The molecule has 30 heavy (non-hydrogen) atoms. The Balaban J connectivity index is 1.61. The molecular weight excluding hydrogens is 403 g/mol. The van der Waals surface area contributed by atoms with Crippen molar-refractivity contribution in [1.29, 1.82) is 0 Å². The molecule has 3 nitrogen and oxygen atoms in total. The van der Waals surface area contributed by atoms with Crippen LogP contribution in [0, 0.1) is 25.6 Å². The molecule has 1 heterocycles. The van der Waals surface area contributed by atoms with E-state index in [2.05, 4.69) is 0 Å². The van der Waals surface area contributed by atoms with Crippen molar-refractivity contribution in [2.75, 3.05) is 13.2 Å². The zero-order valence-electron chi connectivity index (χ0n) is 17.1. The molecule has 5 heteroatoms. The molecular formula is C25H24ClFO3. The lowest BCUT2D eigenvalue weighted by molar-refractivity contribution is -0.123. The van der Waals surface area contributed by atoms with Crippen LogP contribution in [-0.4, -0.2) is 24.8 Å². The first-order valence-electron chi connectivity index (χ1n) is 10.3. The van der Waals surface area contributed by atoms with Crippen molar-refractivity contribution in [3.05, 3.63) is 69.5 Å². The second-order valence-electron chi connectivity index (χ2n) is 8.28. The molecule has 2 aromatic carbocycles. The number of halogens is 2. The lowest BCUT2D eigenvalue weighted by atomic mass is 9.83. The van der Waals surface area contributed by atoms with Gasteiger partial charge >= 0.3 is 0 Å². The minimum atomic E-state index is -0.759. The molecule has 0 aromatic heterocycles. The lowest BCUT2D eigenvalue weighted by Gasteiger charge is -2.22. The predicted octanol–water partition coefficient (Wildman–Crippen LogP) is 5.74. The van der Waals surface area contributed by atoms with Crippen LogP contribution in [0.2, 0.25) is 5.02 Å². The summed E-state index contributed by atoms with van der Waals surface area (Å²) in [6.07, 6.45) is 4.05. The summed E-state index contributed by atoms with van der Waals surface area (Å²) in [5, 5.41) is 0.0648. The summed E-state index contributed by atoms with van der Waals surface area (Å²) >= 11 is 5.93. The van der Waals surface area contributed by atoms with Gasteiger partial charge in [0, 0.05) is 18.8 Å². The Morgan fingerprint density at radius 2 is 1.70 bits per heavy atom. The molecule has 4 rings (SSSR count). The Bertz CT molecular complexity index is 1030. The highest BCUT2D eigenvalue weighted by Gasteiger charge is 2.38. The third kappa shape index (κ3) is 3.99. The Morgan fingerprint density at radius 3 is 2.33 bits per heavy atom. The van der Waals surface area contributed by atoms with Crippen LogP contribution in [0.4, 0.5) is 4.39 Å². The quantitative estimate of drug-likeness (QED) is 0.585. The van der Waals surface area contributed by atoms with Gasteiger partial charge in [0.2, 0.25) is 0 Å². The van der Waals surface area contributed by atoms with Crippen molar-refractivity contribution < 1.29 is 18.7 Å². The molecule has 0 radical (unpaired) electrons. The molecule has 1 aliphatic heterocycles. The summed E-state index contributed by atoms with van der Waals surface area (Å²) in [5.74, 6) is -1.03. The first kappa shape index (κ1) is 21.0. The fourth-order valence-corrected chi connectivity index (χ4v) is 4.79. The van der Waals surface area contributed by atoms with Gasteiger partial charge in [0.25, 0.3) is 0 Å². The van der Waals surface area contributed by atoms with E-state index in [1.54, 1.807) is 18.2 Å². The lowest BCUT2D eigenvalue weighted by Crippen LogP contribution is -2.20. The van der Waals surface area contributed by atoms with E-state index in [9.17, 15) is 14.0 Å². The van der Waals surface area contributed by atoms with Crippen LogP contribution in [0.1, 0.15) is 41.9 Å². The molecule has 156 valence electrons. The molecule has 2 aliphatic rings. The predicted molar refractivity (Wildman–Crippen MR) is 115 cm³/mol. The molecule has 2 aromatic rings. The fourth-order valence-electron chi connectivity index (χ4n) is 4.61. The fraction of sp³-hybridized carbons (Fsp3) is 0.360. The number of ether oxygens (including phenoxy) is 1. The van der Waals surface area contributed by atoms with Crippen LogP contribution >= 0.6 is 11.6 Å². The number of ketones is 2. The van der Waals surface area contributed by atoms with Crippen LogP contribution in [0.3, 0.4) is 0 Å². The molecule has 1 fully saturated rings. The average Bonchev–Trinajstić information content (AvgIpc) is 2.98. The normalized spacial score (nSPS) is 20.0. The van der Waals surface area contributed by atoms with Gasteiger partial charge in [0.1, 0.15) is 11.7 Å². The number of hydrogen-bond acceptors (Lipinski definition) is 3. The number of carbonyl (C=O) groups excluding carboxylic acids is 2. The third-order valence-corrected chi connectivity index (χ3v) is 6.45. The van der Waals surface area contributed by atoms with Crippen LogP contribution in [0.15, 0.2) is 42.0 Å². The molecule has 1 aliphatic carbocycles. The number of rotatable bonds is 4. The maximum absolute atomic E-state index is 13.5. The molecule has 0 saturated carbocycles. The van der Waals surface area contributed by atoms with E-state index in [0.29, 0.717) is 17.9 Å². The van der Waals surface area contributed by atoms with E-state index >= 15 is 0 Å². The zero-order chi connectivity index (χ0) is 21.4. The van der Waals surface area contributed by atoms with Crippen molar-refractivity contribution >= 4 is 23.2 Å². The van der Waals surface area contributed by atoms with Crippen LogP contribution < -0.4 is 0 Å². The van der Waals surface area contributed by atoms with Crippen molar-refractivity contribution in [2.24, 2.45) is 5.92 Å². The molecule has 0 N–H and O–H groups in total. The van der Waals surface area contributed by atoms with Crippen molar-refractivity contribution in [3.63, 3.8) is 0 Å². The van der Waals surface area contributed by atoms with Crippen LogP contribution in [0.25, 0.3) is 11.1 Å². The van der Waals surface area contributed by atoms with Gasteiger partial charge in [-0.05, 0) is 85.1 Å². The highest BCUT2D eigenvalue weighted by molar-refractivity contribution is 6.31. The second-order valence-corrected chi connectivity index (χ2v) is 8.69. The van der Waals surface area contributed by atoms with Crippen molar-refractivity contribution in [1.82, 2.24) is 0 Å². The monoisotopic (exact) mass is 426 g/mol. The summed E-state index contributed by atoms with van der Waals surface area (Å²) in [7, 11) is 0. The number of benzene rings is 2. The van der Waals surface area contributed by atoms with Gasteiger partial charge in [0.15, 0.2) is 11.6 Å². The zero-order valence-corrected chi connectivity index (χ0v) is 17.9. The van der Waals surface area contributed by atoms with Gasteiger partial charge in [-0.25, -0.2) is 4.39 Å². The Morgan fingerprint density at radius 1 is 1.03 bits per heavy atom. The second kappa shape index (κ2) is 8.44. The summed E-state index contributed by atoms with van der Waals surface area (Å²) < 4.78 is 18.9. The Labute approximate surface area is 180 Å². The van der Waals surface area contributed by atoms with Crippen LogP contribution in [0.5, 0.6) is 0 Å². The Hall–Kier alpha value is -2.30. The SMILES string of the molecule is Cc1cc(-c2ccc(F)c(Cl)c2)cc(C)c1C1C(=O)C=C(CC2CCOCC2)C1=O. The largest absolute Gasteiger partial charge is 0.381 e. The number of aryl methyl sites for hydroxylation is 2. The van der Waals surface area contributed by atoms with Gasteiger partial charge in [-0.2, -0.15) is 0 Å². The van der Waals surface area contributed by atoms with E-state index < -0.39 is 11.7 Å². The van der Waals surface area contributed by atoms with Gasteiger partial charge in [-0.15, -0.1) is 0 Å². The smallest absolute Gasteiger partial charge is 0.174 e. The first-order valence-corrected chi connectivity index (χ1v) is 10.7. The van der Waals surface area contributed by atoms with E-state index in [1.165, 1.54) is 6.07 Å². The highest BCUT2D eigenvalue weighted by atomic mass is 35.5. The number of hydrogen-bond donors (Lipinski definition) is 0. The third-order valence-electron chi connectivity index (χ3n) is 6.16. The standard InChI is InChI=1S/C25H24ClFO3/c1-14-9-18(17-3-4-21(27)20(26)12-17)10-15(2)23(14)24-22(28)13-19(25(24)29)11-16-5-7-30-8-6-16/h3-4,9-10,12-13,16,24H,5-8,11H2,1-2H3. The highest BCUT2D eigenvalue weighted by Crippen LogP contribution is 2.38.